The number of benzene rings is 3. The summed E-state index contributed by atoms with van der Waals surface area (Å²) in [6.45, 7) is 8.58. The number of ether oxygens (including phenoxy) is 2. The number of methoxy groups -OCH3 is 1. The third-order valence-corrected chi connectivity index (χ3v) is 6.01. The first-order valence-corrected chi connectivity index (χ1v) is 11.9. The van der Waals surface area contributed by atoms with E-state index in [1.54, 1.807) is 37.6 Å². The van der Waals surface area contributed by atoms with Crippen molar-refractivity contribution < 1.29 is 9.47 Å². The van der Waals surface area contributed by atoms with Gasteiger partial charge in [-0.3, -0.25) is 4.79 Å². The predicted octanol–water partition coefficient (Wildman–Crippen LogP) is 6.44. The third kappa shape index (κ3) is 4.93. The van der Waals surface area contributed by atoms with E-state index in [4.69, 9.17) is 26.1 Å². The average molecular weight is 490 g/mol. The number of hydrogen-bond donors (Lipinski definition) is 0. The number of rotatable bonds is 7. The van der Waals surface area contributed by atoms with Crippen molar-refractivity contribution in [3.63, 3.8) is 0 Å². The molecular weight excluding hydrogens is 462 g/mol. The molecule has 0 spiro atoms. The van der Waals surface area contributed by atoms with Gasteiger partial charge in [0.2, 0.25) is 0 Å². The van der Waals surface area contributed by atoms with Crippen LogP contribution in [-0.4, -0.2) is 29.6 Å². The minimum Gasteiger partial charge on any atom is -0.496 e. The first-order chi connectivity index (χ1) is 16.8. The second-order valence-corrected chi connectivity index (χ2v) is 8.93. The second-order valence-electron chi connectivity index (χ2n) is 8.49. The highest BCUT2D eigenvalue weighted by Gasteiger charge is 2.18. The van der Waals surface area contributed by atoms with Crippen molar-refractivity contribution in [1.29, 1.82) is 0 Å². The molecule has 0 bridgehead atoms. The molecule has 4 aromatic rings. The Balaban J connectivity index is 1.99. The van der Waals surface area contributed by atoms with Crippen molar-refractivity contribution in [1.82, 2.24) is 9.66 Å². The van der Waals surface area contributed by atoms with Crippen molar-refractivity contribution in [3.05, 3.63) is 86.7 Å². The Morgan fingerprint density at radius 2 is 1.89 bits per heavy atom. The van der Waals surface area contributed by atoms with Gasteiger partial charge in [0, 0.05) is 16.1 Å². The quantitative estimate of drug-likeness (QED) is 0.280. The maximum absolute atomic E-state index is 13.6. The fourth-order valence-electron chi connectivity index (χ4n) is 4.00. The van der Waals surface area contributed by atoms with E-state index in [0.717, 1.165) is 22.4 Å². The molecule has 1 heterocycles. The van der Waals surface area contributed by atoms with Gasteiger partial charge in [-0.05, 0) is 73.4 Å². The van der Waals surface area contributed by atoms with Gasteiger partial charge in [-0.2, -0.15) is 9.78 Å². The minimum absolute atomic E-state index is 0.216. The molecule has 0 aliphatic rings. The summed E-state index contributed by atoms with van der Waals surface area (Å²) < 4.78 is 12.7. The summed E-state index contributed by atoms with van der Waals surface area (Å²) in [6, 6.07) is 16.6. The van der Waals surface area contributed by atoms with Crippen molar-refractivity contribution in [2.45, 2.75) is 33.6 Å². The predicted molar refractivity (Wildman–Crippen MR) is 142 cm³/mol. The average Bonchev–Trinajstić information content (AvgIpc) is 2.84. The molecule has 3 aromatic carbocycles. The van der Waals surface area contributed by atoms with Crippen LogP contribution in [0.5, 0.6) is 11.5 Å². The van der Waals surface area contributed by atoms with Crippen molar-refractivity contribution >= 4 is 28.7 Å². The topological polar surface area (TPSA) is 65.7 Å². The fraction of sp³-hybridized carbons (Fsp3) is 0.250. The van der Waals surface area contributed by atoms with Crippen LogP contribution in [0, 0.1) is 6.92 Å². The van der Waals surface area contributed by atoms with E-state index in [2.05, 4.69) is 18.9 Å². The molecule has 0 saturated heterocycles. The molecule has 0 amide bonds. The number of aromatic nitrogens is 2. The van der Waals surface area contributed by atoms with Gasteiger partial charge < -0.3 is 9.47 Å². The maximum atomic E-state index is 13.6. The van der Waals surface area contributed by atoms with Crippen LogP contribution in [0.1, 0.15) is 43.4 Å². The Morgan fingerprint density at radius 1 is 1.11 bits per heavy atom. The molecule has 1 aromatic heterocycles. The summed E-state index contributed by atoms with van der Waals surface area (Å²) in [5, 5.41) is 5.63. The lowest BCUT2D eigenvalue weighted by Gasteiger charge is -2.17. The van der Waals surface area contributed by atoms with Crippen LogP contribution >= 0.6 is 11.6 Å². The highest BCUT2D eigenvalue weighted by Crippen LogP contribution is 2.34. The molecule has 0 radical (unpaired) electrons. The van der Waals surface area contributed by atoms with Gasteiger partial charge in [0.25, 0.3) is 5.56 Å². The summed E-state index contributed by atoms with van der Waals surface area (Å²) in [4.78, 5) is 18.5. The lowest BCUT2D eigenvalue weighted by molar-refractivity contribution is 0.340. The number of hydrogen-bond acceptors (Lipinski definition) is 5. The summed E-state index contributed by atoms with van der Waals surface area (Å²) in [5.74, 6) is 2.10. The molecule has 4 rings (SSSR count). The van der Waals surface area contributed by atoms with Crippen LogP contribution in [0.15, 0.2) is 64.5 Å². The SMILES string of the molecule is CCOc1ccc(Cl)cc1C=Nn1c(-c2cc(C(C)C)c(OC)cc2C)nc2ccccc2c1=O. The van der Waals surface area contributed by atoms with Gasteiger partial charge in [-0.1, -0.05) is 37.6 Å². The lowest BCUT2D eigenvalue weighted by atomic mass is 9.96. The van der Waals surface area contributed by atoms with Crippen LogP contribution < -0.4 is 15.0 Å². The largest absolute Gasteiger partial charge is 0.496 e. The van der Waals surface area contributed by atoms with E-state index in [-0.39, 0.29) is 11.5 Å². The third-order valence-electron chi connectivity index (χ3n) is 5.78. The Hall–Kier alpha value is -3.64. The van der Waals surface area contributed by atoms with Crippen LogP contribution in [0.4, 0.5) is 0 Å². The van der Waals surface area contributed by atoms with Gasteiger partial charge in [0.1, 0.15) is 11.5 Å². The van der Waals surface area contributed by atoms with Gasteiger partial charge in [0.05, 0.1) is 30.8 Å². The normalized spacial score (nSPS) is 11.5. The molecule has 0 N–H and O–H groups in total. The van der Waals surface area contributed by atoms with E-state index in [1.165, 1.54) is 4.68 Å². The maximum Gasteiger partial charge on any atom is 0.282 e. The van der Waals surface area contributed by atoms with Crippen LogP contribution in [-0.2, 0) is 0 Å². The molecule has 0 fully saturated rings. The lowest BCUT2D eigenvalue weighted by Crippen LogP contribution is -2.21. The Bertz CT molecular complexity index is 1470. The zero-order valence-electron chi connectivity index (χ0n) is 20.5. The van der Waals surface area contributed by atoms with Crippen molar-refractivity contribution in [2.75, 3.05) is 13.7 Å². The molecule has 0 atom stereocenters. The Morgan fingerprint density at radius 3 is 2.60 bits per heavy atom. The number of halogens is 1. The number of fused-ring (bicyclic) bond motifs is 1. The second kappa shape index (κ2) is 10.3. The van der Waals surface area contributed by atoms with Crippen molar-refractivity contribution in [3.8, 4) is 22.9 Å². The monoisotopic (exact) mass is 489 g/mol. The highest BCUT2D eigenvalue weighted by atomic mass is 35.5. The zero-order chi connectivity index (χ0) is 25.1. The smallest absolute Gasteiger partial charge is 0.282 e. The van der Waals surface area contributed by atoms with E-state index >= 15 is 0 Å². The molecular formula is C28H28ClN3O3. The van der Waals surface area contributed by atoms with E-state index in [1.807, 2.05) is 44.2 Å². The summed E-state index contributed by atoms with van der Waals surface area (Å²) in [6.07, 6.45) is 1.58. The molecule has 7 heteroatoms. The summed E-state index contributed by atoms with van der Waals surface area (Å²) >= 11 is 6.22. The van der Waals surface area contributed by atoms with Gasteiger partial charge >= 0.3 is 0 Å². The summed E-state index contributed by atoms with van der Waals surface area (Å²) in [5.41, 5.74) is 3.78. The van der Waals surface area contributed by atoms with Crippen molar-refractivity contribution in [2.24, 2.45) is 5.10 Å². The number of para-hydroxylation sites is 1. The van der Waals surface area contributed by atoms with Gasteiger partial charge in [0.15, 0.2) is 5.82 Å². The van der Waals surface area contributed by atoms with E-state index in [0.29, 0.717) is 39.7 Å². The van der Waals surface area contributed by atoms with Gasteiger partial charge in [-0.25, -0.2) is 4.98 Å². The van der Waals surface area contributed by atoms with E-state index < -0.39 is 0 Å². The Kier molecular flexibility index (Phi) is 7.22. The summed E-state index contributed by atoms with van der Waals surface area (Å²) in [7, 11) is 1.66. The molecule has 0 aliphatic heterocycles. The first-order valence-electron chi connectivity index (χ1n) is 11.5. The number of aryl methyl sites for hydroxylation is 1. The molecule has 35 heavy (non-hydrogen) atoms. The van der Waals surface area contributed by atoms with E-state index in [9.17, 15) is 4.79 Å². The Labute approximate surface area is 209 Å². The zero-order valence-corrected chi connectivity index (χ0v) is 21.3. The fourth-order valence-corrected chi connectivity index (χ4v) is 4.18. The van der Waals surface area contributed by atoms with Gasteiger partial charge in [-0.15, -0.1) is 0 Å². The molecule has 0 saturated carbocycles. The van der Waals surface area contributed by atoms with Crippen LogP contribution in [0.3, 0.4) is 0 Å². The highest BCUT2D eigenvalue weighted by molar-refractivity contribution is 6.30. The number of nitrogens with zero attached hydrogens (tertiary/aromatic N) is 3. The minimum atomic E-state index is -0.261. The van der Waals surface area contributed by atoms with Crippen LogP contribution in [0.25, 0.3) is 22.3 Å². The van der Waals surface area contributed by atoms with Crippen LogP contribution in [0.2, 0.25) is 5.02 Å². The molecule has 6 nitrogen and oxygen atoms in total. The molecule has 0 unspecified atom stereocenters. The standard InChI is InChI=1S/C28H28ClN3O3/c1-6-35-25-12-11-20(29)14-19(25)16-30-32-27(31-24-10-8-7-9-21(24)28(32)33)23-15-22(17(2)3)26(34-5)13-18(23)4/h7-17H,6H2,1-5H3. The molecule has 180 valence electrons. The molecule has 0 aliphatic carbocycles. The first kappa shape index (κ1) is 24.5.